The lowest BCUT2D eigenvalue weighted by atomic mass is 10.2. The Morgan fingerprint density at radius 1 is 1.65 bits per heavy atom. The molecule has 4 nitrogen and oxygen atoms in total. The van der Waals surface area contributed by atoms with Crippen molar-refractivity contribution in [1.82, 2.24) is 14.7 Å². The van der Waals surface area contributed by atoms with Crippen LogP contribution in [0.3, 0.4) is 0 Å². The Morgan fingerprint density at radius 2 is 2.47 bits per heavy atom. The second kappa shape index (κ2) is 4.40. The fraction of sp³-hybridized carbons (Fsp3) is 0.583. The van der Waals surface area contributed by atoms with Gasteiger partial charge in [-0.05, 0) is 19.8 Å². The van der Waals surface area contributed by atoms with Gasteiger partial charge in [-0.1, -0.05) is 0 Å². The Hall–Kier alpha value is -0.910. The van der Waals surface area contributed by atoms with Crippen LogP contribution in [0.25, 0.3) is 4.96 Å². The number of rotatable bonds is 5. The van der Waals surface area contributed by atoms with E-state index < -0.39 is 0 Å². The Kier molecular flexibility index (Phi) is 2.90. The summed E-state index contributed by atoms with van der Waals surface area (Å²) < 4.78 is 2.18. The van der Waals surface area contributed by atoms with E-state index in [2.05, 4.69) is 21.3 Å². The topological polar surface area (TPSA) is 49.6 Å². The number of hydrogen-bond acceptors (Lipinski definition) is 4. The van der Waals surface area contributed by atoms with Crippen molar-refractivity contribution in [2.24, 2.45) is 0 Å². The van der Waals surface area contributed by atoms with Crippen LogP contribution in [-0.4, -0.2) is 27.1 Å². The van der Waals surface area contributed by atoms with Crippen molar-refractivity contribution in [3.8, 4) is 0 Å². The van der Waals surface area contributed by atoms with Gasteiger partial charge in [-0.15, -0.1) is 11.3 Å². The van der Waals surface area contributed by atoms with Gasteiger partial charge in [0.15, 0.2) is 4.96 Å². The number of aliphatic hydroxyl groups excluding tert-OH is 1. The van der Waals surface area contributed by atoms with Crippen LogP contribution in [-0.2, 0) is 6.54 Å². The van der Waals surface area contributed by atoms with Crippen LogP contribution in [0.5, 0.6) is 0 Å². The van der Waals surface area contributed by atoms with E-state index >= 15 is 0 Å². The Balaban J connectivity index is 1.88. The second-order valence-electron chi connectivity index (χ2n) is 4.74. The van der Waals surface area contributed by atoms with Crippen molar-refractivity contribution < 1.29 is 5.11 Å². The summed E-state index contributed by atoms with van der Waals surface area (Å²) in [5.74, 6) is 0.670. The molecule has 0 saturated heterocycles. The molecule has 0 spiro atoms. The van der Waals surface area contributed by atoms with Gasteiger partial charge in [-0.25, -0.2) is 4.98 Å². The number of nitrogens with zero attached hydrogens (tertiary/aromatic N) is 2. The number of thiazole rings is 1. The van der Waals surface area contributed by atoms with E-state index in [1.54, 1.807) is 11.3 Å². The molecule has 0 bridgehead atoms. The van der Waals surface area contributed by atoms with Gasteiger partial charge in [-0.3, -0.25) is 4.40 Å². The number of hydrogen-bond donors (Lipinski definition) is 2. The van der Waals surface area contributed by atoms with Crippen molar-refractivity contribution >= 4 is 16.3 Å². The molecule has 2 N–H and O–H groups in total. The molecule has 92 valence electrons. The Bertz CT molecular complexity index is 515. The monoisotopic (exact) mass is 251 g/mol. The fourth-order valence-corrected chi connectivity index (χ4v) is 2.78. The highest BCUT2D eigenvalue weighted by Gasteiger charge is 2.30. The summed E-state index contributed by atoms with van der Waals surface area (Å²) in [5.41, 5.74) is 2.53. The molecular formula is C12H17N3OS. The smallest absolute Gasteiger partial charge is 0.194 e. The van der Waals surface area contributed by atoms with E-state index in [0.717, 1.165) is 11.5 Å². The van der Waals surface area contributed by atoms with E-state index in [1.165, 1.54) is 24.2 Å². The van der Waals surface area contributed by atoms with Gasteiger partial charge in [0.2, 0.25) is 0 Å². The third kappa shape index (κ3) is 2.10. The molecule has 2 heterocycles. The molecule has 1 aliphatic carbocycles. The van der Waals surface area contributed by atoms with Crippen LogP contribution in [0.15, 0.2) is 11.6 Å². The Labute approximate surface area is 104 Å². The summed E-state index contributed by atoms with van der Waals surface area (Å²) in [6, 6.07) is 0.131. The summed E-state index contributed by atoms with van der Waals surface area (Å²) in [7, 11) is 0. The molecular weight excluding hydrogens is 234 g/mol. The standard InChI is InChI=1S/C12H17N3OS/c1-8(7-16)13-6-10-11(9-2-3-9)14-12-15(10)4-5-17-12/h4-5,8-9,13,16H,2-3,6-7H2,1H3/t8-/m1/s1. The molecule has 1 fully saturated rings. The van der Waals surface area contributed by atoms with Gasteiger partial charge < -0.3 is 10.4 Å². The summed E-state index contributed by atoms with van der Waals surface area (Å²) in [6.07, 6.45) is 4.63. The minimum atomic E-state index is 0.131. The quantitative estimate of drug-likeness (QED) is 0.851. The molecule has 1 atom stereocenters. The van der Waals surface area contributed by atoms with Gasteiger partial charge in [-0.2, -0.15) is 0 Å². The van der Waals surface area contributed by atoms with Gasteiger partial charge in [0, 0.05) is 30.1 Å². The number of aliphatic hydroxyl groups is 1. The van der Waals surface area contributed by atoms with Crippen molar-refractivity contribution in [3.63, 3.8) is 0 Å². The van der Waals surface area contributed by atoms with Crippen molar-refractivity contribution in [1.29, 1.82) is 0 Å². The van der Waals surface area contributed by atoms with Crippen LogP contribution in [0.2, 0.25) is 0 Å². The normalized spacial score (nSPS) is 17.8. The highest BCUT2D eigenvalue weighted by molar-refractivity contribution is 7.15. The first-order chi connectivity index (χ1) is 8.29. The molecule has 5 heteroatoms. The molecule has 2 aromatic rings. The van der Waals surface area contributed by atoms with Crippen LogP contribution in [0, 0.1) is 0 Å². The van der Waals surface area contributed by atoms with Crippen molar-refractivity contribution in [3.05, 3.63) is 23.0 Å². The molecule has 0 radical (unpaired) electrons. The molecule has 0 aromatic carbocycles. The summed E-state index contributed by atoms with van der Waals surface area (Å²) in [5, 5.41) is 14.4. The van der Waals surface area contributed by atoms with Crippen LogP contribution < -0.4 is 5.32 Å². The molecule has 2 aromatic heterocycles. The summed E-state index contributed by atoms with van der Waals surface area (Å²) in [6.45, 7) is 2.94. The van der Waals surface area contributed by atoms with E-state index in [-0.39, 0.29) is 12.6 Å². The maximum atomic E-state index is 9.04. The zero-order valence-corrected chi connectivity index (χ0v) is 10.7. The van der Waals surface area contributed by atoms with Gasteiger partial charge in [0.25, 0.3) is 0 Å². The molecule has 3 rings (SSSR count). The minimum absolute atomic E-state index is 0.131. The van der Waals surface area contributed by atoms with Crippen molar-refractivity contribution in [2.45, 2.75) is 38.3 Å². The lowest BCUT2D eigenvalue weighted by molar-refractivity contribution is 0.250. The van der Waals surface area contributed by atoms with Gasteiger partial charge >= 0.3 is 0 Å². The van der Waals surface area contributed by atoms with E-state index in [9.17, 15) is 0 Å². The largest absolute Gasteiger partial charge is 0.395 e. The zero-order chi connectivity index (χ0) is 11.8. The highest BCUT2D eigenvalue weighted by atomic mass is 32.1. The zero-order valence-electron chi connectivity index (χ0n) is 9.89. The number of aromatic nitrogens is 2. The van der Waals surface area contributed by atoms with Crippen LogP contribution >= 0.6 is 11.3 Å². The maximum absolute atomic E-state index is 9.04. The lowest BCUT2D eigenvalue weighted by Crippen LogP contribution is -2.29. The average molecular weight is 251 g/mol. The van der Waals surface area contributed by atoms with Crippen LogP contribution in [0.4, 0.5) is 0 Å². The van der Waals surface area contributed by atoms with Gasteiger partial charge in [0.1, 0.15) is 0 Å². The minimum Gasteiger partial charge on any atom is -0.395 e. The molecule has 0 amide bonds. The average Bonchev–Trinajstić information content (AvgIpc) is 2.97. The first-order valence-electron chi connectivity index (χ1n) is 6.08. The third-order valence-electron chi connectivity index (χ3n) is 3.25. The van der Waals surface area contributed by atoms with Crippen molar-refractivity contribution in [2.75, 3.05) is 6.61 Å². The van der Waals surface area contributed by atoms with Crippen LogP contribution in [0.1, 0.15) is 37.1 Å². The molecule has 1 saturated carbocycles. The summed E-state index contributed by atoms with van der Waals surface area (Å²) >= 11 is 1.68. The van der Waals surface area contributed by atoms with Gasteiger partial charge in [0.05, 0.1) is 18.0 Å². The second-order valence-corrected chi connectivity index (χ2v) is 5.61. The maximum Gasteiger partial charge on any atom is 0.194 e. The summed E-state index contributed by atoms with van der Waals surface area (Å²) in [4.78, 5) is 5.80. The molecule has 0 aliphatic heterocycles. The van der Waals surface area contributed by atoms with E-state index in [4.69, 9.17) is 10.1 Å². The molecule has 17 heavy (non-hydrogen) atoms. The predicted molar refractivity (Wildman–Crippen MR) is 68.4 cm³/mol. The predicted octanol–water partition coefficient (Wildman–Crippen LogP) is 1.74. The Morgan fingerprint density at radius 3 is 3.18 bits per heavy atom. The number of fused-ring (bicyclic) bond motifs is 1. The SMILES string of the molecule is C[C@H](CO)NCc1c(C2CC2)nc2sccn12. The third-order valence-corrected chi connectivity index (χ3v) is 4.00. The number of nitrogens with one attached hydrogen (secondary N) is 1. The molecule has 0 unspecified atom stereocenters. The highest BCUT2D eigenvalue weighted by Crippen LogP contribution is 2.41. The first-order valence-corrected chi connectivity index (χ1v) is 6.96. The van der Waals surface area contributed by atoms with E-state index in [1.807, 2.05) is 6.92 Å². The first kappa shape index (κ1) is 11.2. The van der Waals surface area contributed by atoms with E-state index in [0.29, 0.717) is 5.92 Å². The number of imidazole rings is 1. The fourth-order valence-electron chi connectivity index (χ4n) is 2.04. The molecule has 1 aliphatic rings. The lowest BCUT2D eigenvalue weighted by Gasteiger charge is -2.11.